The molecule has 0 fully saturated rings. The van der Waals surface area contributed by atoms with Crippen LogP contribution in [0.5, 0.6) is 0 Å². The molecule has 0 aliphatic heterocycles. The van der Waals surface area contributed by atoms with Gasteiger partial charge in [-0.3, -0.25) is 14.9 Å². The number of hydrogen-bond donors (Lipinski definition) is 2. The lowest BCUT2D eigenvalue weighted by Gasteiger charge is -2.21. The van der Waals surface area contributed by atoms with Crippen LogP contribution in [0.3, 0.4) is 0 Å². The minimum atomic E-state index is -0.537. The van der Waals surface area contributed by atoms with Gasteiger partial charge in [0, 0.05) is 18.7 Å². The number of rotatable bonds is 6. The minimum absolute atomic E-state index is 0.00462. The average Bonchev–Trinajstić information content (AvgIpc) is 2.34. The van der Waals surface area contributed by atoms with Gasteiger partial charge in [0.2, 0.25) is 11.7 Å². The number of nitrogens with one attached hydrogen (secondary N) is 1. The molecule has 0 bridgehead atoms. The Morgan fingerprint density at radius 1 is 1.55 bits per heavy atom. The highest BCUT2D eigenvalue weighted by Gasteiger charge is 2.22. The Hall–Kier alpha value is -2.38. The molecule has 0 atom stereocenters. The number of aromatic nitrogens is 1. The van der Waals surface area contributed by atoms with Gasteiger partial charge in [0.1, 0.15) is 5.82 Å². The molecule has 1 aromatic rings. The third kappa shape index (κ3) is 4.08. The Kier molecular flexibility index (Phi) is 5.24. The highest BCUT2D eigenvalue weighted by molar-refractivity contribution is 5.82. The van der Waals surface area contributed by atoms with Crippen molar-refractivity contribution in [1.82, 2.24) is 10.3 Å². The summed E-state index contributed by atoms with van der Waals surface area (Å²) in [4.78, 5) is 27.8. The number of pyridine rings is 1. The Bertz CT molecular complexity index is 504. The lowest BCUT2D eigenvalue weighted by Crippen LogP contribution is -2.40. The van der Waals surface area contributed by atoms with Crippen molar-refractivity contribution in [2.24, 2.45) is 0 Å². The Labute approximate surface area is 117 Å². The predicted molar refractivity (Wildman–Crippen MR) is 76.5 cm³/mol. The molecule has 0 aliphatic carbocycles. The molecule has 0 saturated heterocycles. The highest BCUT2D eigenvalue weighted by Crippen LogP contribution is 2.26. The van der Waals surface area contributed by atoms with Crippen molar-refractivity contribution >= 4 is 23.2 Å². The van der Waals surface area contributed by atoms with Gasteiger partial charge in [0.05, 0.1) is 11.5 Å². The molecule has 110 valence electrons. The van der Waals surface area contributed by atoms with Gasteiger partial charge in [-0.2, -0.15) is 0 Å². The molecule has 0 saturated carbocycles. The van der Waals surface area contributed by atoms with Crippen LogP contribution in [0.4, 0.5) is 17.3 Å². The maximum atomic E-state index is 11.8. The number of carbonyl (C=O) groups excluding carboxylic acids is 1. The van der Waals surface area contributed by atoms with Crippen LogP contribution in [0, 0.1) is 10.1 Å². The molecule has 0 radical (unpaired) electrons. The van der Waals surface area contributed by atoms with Crippen molar-refractivity contribution in [3.05, 3.63) is 22.2 Å². The topological polar surface area (TPSA) is 114 Å². The molecule has 1 aromatic heterocycles. The van der Waals surface area contributed by atoms with Gasteiger partial charge in [0.15, 0.2) is 0 Å². The number of nitrogens with zero attached hydrogens (tertiary/aromatic N) is 3. The summed E-state index contributed by atoms with van der Waals surface area (Å²) in [5, 5.41) is 13.7. The number of anilines is 2. The summed E-state index contributed by atoms with van der Waals surface area (Å²) in [6, 6.07) is 2.66. The van der Waals surface area contributed by atoms with Crippen LogP contribution in [0.2, 0.25) is 0 Å². The summed E-state index contributed by atoms with van der Waals surface area (Å²) >= 11 is 0. The third-order valence-electron chi connectivity index (χ3n) is 2.54. The van der Waals surface area contributed by atoms with Crippen LogP contribution >= 0.6 is 0 Å². The average molecular weight is 281 g/mol. The van der Waals surface area contributed by atoms with E-state index in [1.165, 1.54) is 17.0 Å². The lowest BCUT2D eigenvalue weighted by molar-refractivity contribution is -0.384. The largest absolute Gasteiger partial charge is 0.384 e. The third-order valence-corrected chi connectivity index (χ3v) is 2.54. The number of carbonyl (C=O) groups is 1. The fourth-order valence-electron chi connectivity index (χ4n) is 1.71. The van der Waals surface area contributed by atoms with Gasteiger partial charge in [0.25, 0.3) is 0 Å². The van der Waals surface area contributed by atoms with Crippen molar-refractivity contribution in [1.29, 1.82) is 0 Å². The normalized spacial score (nSPS) is 10.4. The summed E-state index contributed by atoms with van der Waals surface area (Å²) < 4.78 is 0. The van der Waals surface area contributed by atoms with Gasteiger partial charge in [-0.05, 0) is 26.8 Å². The number of hydrogen-bond acceptors (Lipinski definition) is 6. The molecule has 8 heteroatoms. The summed E-state index contributed by atoms with van der Waals surface area (Å²) in [6.45, 7) is 5.87. The molecule has 0 unspecified atom stereocenters. The second-order valence-corrected chi connectivity index (χ2v) is 4.57. The number of nitrogens with two attached hydrogens (primary N) is 1. The molecule has 0 aliphatic rings. The van der Waals surface area contributed by atoms with Crippen LogP contribution in [0.15, 0.2) is 12.1 Å². The van der Waals surface area contributed by atoms with E-state index in [9.17, 15) is 14.9 Å². The van der Waals surface area contributed by atoms with Crippen molar-refractivity contribution < 1.29 is 9.72 Å². The van der Waals surface area contributed by atoms with Crippen LogP contribution in [-0.4, -0.2) is 34.9 Å². The molecule has 1 rings (SSSR count). The zero-order chi connectivity index (χ0) is 15.3. The molecular formula is C12H19N5O3. The standard InChI is InChI=1S/C12H19N5O3/c1-4-16(7-11(18)14-8(2)3)12-9(17(19)20)5-6-10(13)15-12/h5-6,8H,4,7H2,1-3H3,(H2,13,15)(H,14,18). The fourth-order valence-corrected chi connectivity index (χ4v) is 1.71. The molecule has 3 N–H and O–H groups in total. The van der Waals surface area contributed by atoms with E-state index >= 15 is 0 Å². The summed E-state index contributed by atoms with van der Waals surface area (Å²) in [7, 11) is 0. The highest BCUT2D eigenvalue weighted by atomic mass is 16.6. The Morgan fingerprint density at radius 3 is 2.70 bits per heavy atom. The van der Waals surface area contributed by atoms with E-state index in [2.05, 4.69) is 10.3 Å². The Morgan fingerprint density at radius 2 is 2.20 bits per heavy atom. The van der Waals surface area contributed by atoms with Crippen LogP contribution in [-0.2, 0) is 4.79 Å². The minimum Gasteiger partial charge on any atom is -0.384 e. The van der Waals surface area contributed by atoms with Gasteiger partial charge in [-0.15, -0.1) is 0 Å². The first-order valence-electron chi connectivity index (χ1n) is 6.30. The van der Waals surface area contributed by atoms with E-state index in [-0.39, 0.29) is 35.8 Å². The maximum absolute atomic E-state index is 11.8. The van der Waals surface area contributed by atoms with E-state index in [1.54, 1.807) is 6.92 Å². The van der Waals surface area contributed by atoms with Gasteiger partial charge < -0.3 is 16.0 Å². The summed E-state index contributed by atoms with van der Waals surface area (Å²) in [5.41, 5.74) is 5.40. The zero-order valence-corrected chi connectivity index (χ0v) is 11.8. The SMILES string of the molecule is CCN(CC(=O)NC(C)C)c1nc(N)ccc1[N+](=O)[O-]. The van der Waals surface area contributed by atoms with Gasteiger partial charge in [-0.1, -0.05) is 0 Å². The van der Waals surface area contributed by atoms with Crippen LogP contribution in [0.1, 0.15) is 20.8 Å². The van der Waals surface area contributed by atoms with Gasteiger partial charge in [-0.25, -0.2) is 4.98 Å². The first-order chi connectivity index (χ1) is 9.35. The van der Waals surface area contributed by atoms with Gasteiger partial charge >= 0.3 is 5.69 Å². The lowest BCUT2D eigenvalue weighted by atomic mass is 10.3. The molecule has 1 heterocycles. The van der Waals surface area contributed by atoms with Crippen molar-refractivity contribution in [2.45, 2.75) is 26.8 Å². The number of nitrogen functional groups attached to an aromatic ring is 1. The van der Waals surface area contributed by atoms with Crippen molar-refractivity contribution in [3.8, 4) is 0 Å². The van der Waals surface area contributed by atoms with Crippen molar-refractivity contribution in [3.63, 3.8) is 0 Å². The molecule has 0 aromatic carbocycles. The zero-order valence-electron chi connectivity index (χ0n) is 11.8. The van der Waals surface area contributed by atoms with Crippen LogP contribution < -0.4 is 16.0 Å². The van der Waals surface area contributed by atoms with E-state index < -0.39 is 4.92 Å². The molecular weight excluding hydrogens is 262 g/mol. The van der Waals surface area contributed by atoms with Crippen LogP contribution in [0.25, 0.3) is 0 Å². The number of amides is 1. The molecule has 0 spiro atoms. The second kappa shape index (κ2) is 6.69. The van der Waals surface area contributed by atoms with E-state index in [0.717, 1.165) is 0 Å². The number of likely N-dealkylation sites (N-methyl/N-ethyl adjacent to an activating group) is 1. The van der Waals surface area contributed by atoms with E-state index in [0.29, 0.717) is 6.54 Å². The monoisotopic (exact) mass is 281 g/mol. The van der Waals surface area contributed by atoms with E-state index in [1.807, 2.05) is 13.8 Å². The molecule has 20 heavy (non-hydrogen) atoms. The first kappa shape index (κ1) is 15.7. The van der Waals surface area contributed by atoms with Crippen molar-refractivity contribution in [2.75, 3.05) is 23.7 Å². The first-order valence-corrected chi connectivity index (χ1v) is 6.30. The smallest absolute Gasteiger partial charge is 0.311 e. The summed E-state index contributed by atoms with van der Waals surface area (Å²) in [6.07, 6.45) is 0. The quantitative estimate of drug-likeness (QED) is 0.592. The molecule has 8 nitrogen and oxygen atoms in total. The predicted octanol–water partition coefficient (Wildman–Crippen LogP) is 0.923. The van der Waals surface area contributed by atoms with E-state index in [4.69, 9.17) is 5.73 Å². The second-order valence-electron chi connectivity index (χ2n) is 4.57. The number of nitro groups is 1. The fraction of sp³-hybridized carbons (Fsp3) is 0.500. The molecule has 1 amide bonds. The maximum Gasteiger partial charge on any atom is 0.311 e. The Balaban J connectivity index is 3.02. The summed E-state index contributed by atoms with van der Waals surface area (Å²) in [5.74, 6) is 0.0603.